The van der Waals surface area contributed by atoms with E-state index in [9.17, 15) is 24.9 Å². The molecule has 2 amide bonds. The average molecular weight is 440 g/mol. The molecule has 5 rings (SSSR count). The number of ether oxygens (including phenoxy) is 2. The molecule has 168 valence electrons. The largest absolute Gasteiger partial charge is 0.504 e. The first kappa shape index (κ1) is 20.6. The number of aliphatic hydroxyl groups is 2. The number of carbonyl (C=O) groups excluding carboxylic acids is 2. The van der Waals surface area contributed by atoms with Crippen molar-refractivity contribution >= 4 is 11.8 Å². The molecule has 1 aliphatic carbocycles. The summed E-state index contributed by atoms with van der Waals surface area (Å²) in [6, 6.07) is 9.30. The van der Waals surface area contributed by atoms with Crippen molar-refractivity contribution in [2.45, 2.75) is 43.6 Å². The first-order valence-corrected chi connectivity index (χ1v) is 10.5. The Hall–Kier alpha value is -3.30. The molecule has 1 fully saturated rings. The summed E-state index contributed by atoms with van der Waals surface area (Å²) in [6.45, 7) is 1.64. The number of hydrogen-bond donors (Lipinski definition) is 5. The van der Waals surface area contributed by atoms with Crippen LogP contribution in [0.15, 0.2) is 36.4 Å². The lowest BCUT2D eigenvalue weighted by Crippen LogP contribution is -2.67. The van der Waals surface area contributed by atoms with Crippen molar-refractivity contribution in [3.8, 4) is 17.2 Å². The van der Waals surface area contributed by atoms with E-state index in [0.717, 1.165) is 5.56 Å². The number of aromatic hydroxyl groups is 1. The molecule has 0 unspecified atom stereocenters. The van der Waals surface area contributed by atoms with Crippen molar-refractivity contribution in [2.75, 3.05) is 6.79 Å². The number of carbonyl (C=O) groups is 2. The molecule has 0 saturated heterocycles. The molecule has 6 atom stereocenters. The van der Waals surface area contributed by atoms with Crippen molar-refractivity contribution < 1.29 is 34.4 Å². The fourth-order valence-corrected chi connectivity index (χ4v) is 5.07. The fourth-order valence-electron chi connectivity index (χ4n) is 5.07. The van der Waals surface area contributed by atoms with Crippen molar-refractivity contribution in [1.82, 2.24) is 10.6 Å². The molecule has 3 aliphatic rings. The van der Waals surface area contributed by atoms with E-state index in [0.29, 0.717) is 5.56 Å². The highest BCUT2D eigenvalue weighted by Gasteiger charge is 2.53. The molecule has 9 heteroatoms. The van der Waals surface area contributed by atoms with Crippen LogP contribution in [-0.4, -0.2) is 58.2 Å². The normalized spacial score (nSPS) is 30.2. The first-order chi connectivity index (χ1) is 15.4. The van der Waals surface area contributed by atoms with E-state index in [4.69, 9.17) is 9.47 Å². The lowest BCUT2D eigenvalue weighted by atomic mass is 9.66. The summed E-state index contributed by atoms with van der Waals surface area (Å²) in [4.78, 5) is 25.7. The number of fused-ring (bicyclic) bond motifs is 4. The highest BCUT2D eigenvalue weighted by atomic mass is 16.7. The minimum absolute atomic E-state index is 0.0219. The average Bonchev–Trinajstić information content (AvgIpc) is 3.25. The van der Waals surface area contributed by atoms with Gasteiger partial charge >= 0.3 is 0 Å². The Balaban J connectivity index is 1.54. The van der Waals surface area contributed by atoms with Gasteiger partial charge in [0.1, 0.15) is 6.10 Å². The van der Waals surface area contributed by atoms with E-state index in [1.54, 1.807) is 13.0 Å². The van der Waals surface area contributed by atoms with E-state index in [2.05, 4.69) is 10.6 Å². The van der Waals surface area contributed by atoms with E-state index < -0.39 is 42.0 Å². The van der Waals surface area contributed by atoms with Crippen molar-refractivity contribution in [3.63, 3.8) is 0 Å². The molecule has 2 aromatic rings. The second-order valence-corrected chi connectivity index (χ2v) is 8.54. The minimum Gasteiger partial charge on any atom is -0.504 e. The third-order valence-corrected chi connectivity index (χ3v) is 6.68. The number of amides is 2. The third kappa shape index (κ3) is 3.16. The van der Waals surface area contributed by atoms with Gasteiger partial charge in [0.25, 0.3) is 5.91 Å². The zero-order valence-electron chi connectivity index (χ0n) is 17.3. The monoisotopic (exact) mass is 440 g/mol. The molecule has 0 radical (unpaired) electrons. The maximum absolute atomic E-state index is 12.9. The molecule has 1 saturated carbocycles. The first-order valence-electron chi connectivity index (χ1n) is 10.5. The summed E-state index contributed by atoms with van der Waals surface area (Å²) >= 11 is 0. The summed E-state index contributed by atoms with van der Waals surface area (Å²) in [5, 5.41) is 38.0. The van der Waals surface area contributed by atoms with Crippen LogP contribution in [0, 0.1) is 5.92 Å². The number of aliphatic hydroxyl groups excluding tert-OH is 2. The topological polar surface area (TPSA) is 137 Å². The van der Waals surface area contributed by atoms with E-state index >= 15 is 0 Å². The quantitative estimate of drug-likeness (QED) is 0.466. The van der Waals surface area contributed by atoms with Crippen LogP contribution in [0.25, 0.3) is 0 Å². The van der Waals surface area contributed by atoms with Gasteiger partial charge in [-0.3, -0.25) is 9.59 Å². The summed E-state index contributed by atoms with van der Waals surface area (Å²) in [5.41, 5.74) is 1.26. The fraction of sp³-hybridized carbons (Fsp3) is 0.391. The number of benzene rings is 2. The van der Waals surface area contributed by atoms with Gasteiger partial charge in [-0.15, -0.1) is 0 Å². The Labute approximate surface area is 184 Å². The second kappa shape index (κ2) is 7.68. The minimum atomic E-state index is -1.28. The summed E-state index contributed by atoms with van der Waals surface area (Å²) in [5.74, 6) is -1.90. The lowest BCUT2D eigenvalue weighted by molar-refractivity contribution is -0.126. The van der Waals surface area contributed by atoms with Crippen molar-refractivity contribution in [3.05, 3.63) is 53.1 Å². The van der Waals surface area contributed by atoms with Crippen LogP contribution < -0.4 is 20.1 Å². The Morgan fingerprint density at radius 3 is 2.69 bits per heavy atom. The molecule has 2 aromatic carbocycles. The van der Waals surface area contributed by atoms with Crippen LogP contribution in [-0.2, 0) is 11.2 Å². The highest BCUT2D eigenvalue weighted by Crippen LogP contribution is 2.50. The molecule has 2 heterocycles. The Morgan fingerprint density at radius 1 is 1.19 bits per heavy atom. The summed E-state index contributed by atoms with van der Waals surface area (Å²) in [7, 11) is 0. The maximum Gasteiger partial charge on any atom is 0.255 e. The van der Waals surface area contributed by atoms with Crippen LogP contribution >= 0.6 is 0 Å². The molecule has 0 bridgehead atoms. The SMILES string of the molecule is C[C@@H]1[C@H](O)[C@@H](O)[C@H](NC(=O)Cc2ccccc2)[C@@H]2c3cc4c(c(O)c3C(=O)N[C@@H]12)OCO4. The van der Waals surface area contributed by atoms with Crippen molar-refractivity contribution in [1.29, 1.82) is 0 Å². The molecule has 0 aromatic heterocycles. The van der Waals surface area contributed by atoms with Crippen LogP contribution in [0.5, 0.6) is 17.2 Å². The van der Waals surface area contributed by atoms with Crippen LogP contribution in [0.4, 0.5) is 0 Å². The predicted molar refractivity (Wildman–Crippen MR) is 111 cm³/mol. The molecule has 0 spiro atoms. The van der Waals surface area contributed by atoms with Gasteiger partial charge in [0.2, 0.25) is 18.4 Å². The number of phenolic OH excluding ortho intramolecular Hbond substituents is 1. The van der Waals surface area contributed by atoms with Gasteiger partial charge in [0, 0.05) is 17.9 Å². The van der Waals surface area contributed by atoms with Crippen molar-refractivity contribution in [2.24, 2.45) is 5.92 Å². The smallest absolute Gasteiger partial charge is 0.255 e. The number of nitrogens with one attached hydrogen (secondary N) is 2. The van der Waals surface area contributed by atoms with E-state index in [-0.39, 0.29) is 41.9 Å². The number of hydrogen-bond acceptors (Lipinski definition) is 7. The van der Waals surface area contributed by atoms with Gasteiger partial charge in [-0.2, -0.15) is 0 Å². The summed E-state index contributed by atoms with van der Waals surface area (Å²) < 4.78 is 10.7. The molecular weight excluding hydrogens is 416 g/mol. The molecule has 2 aliphatic heterocycles. The van der Waals surface area contributed by atoms with Crippen LogP contribution in [0.3, 0.4) is 0 Å². The Kier molecular flexibility index (Phi) is 4.94. The van der Waals surface area contributed by atoms with Gasteiger partial charge < -0.3 is 35.4 Å². The number of rotatable bonds is 3. The molecule has 9 nitrogen and oxygen atoms in total. The lowest BCUT2D eigenvalue weighted by Gasteiger charge is -2.50. The Morgan fingerprint density at radius 2 is 1.94 bits per heavy atom. The van der Waals surface area contributed by atoms with E-state index in [1.165, 1.54) is 0 Å². The zero-order valence-corrected chi connectivity index (χ0v) is 17.3. The maximum atomic E-state index is 12.9. The molecular formula is C23H24N2O7. The zero-order chi connectivity index (χ0) is 22.6. The third-order valence-electron chi connectivity index (χ3n) is 6.68. The van der Waals surface area contributed by atoms with Gasteiger partial charge in [-0.05, 0) is 17.2 Å². The van der Waals surface area contributed by atoms with Gasteiger partial charge in [-0.1, -0.05) is 37.3 Å². The van der Waals surface area contributed by atoms with E-state index in [1.807, 2.05) is 30.3 Å². The standard InChI is InChI=1S/C23H24N2O7/c1-10-17-15(12-8-13-22(32-9-31-13)20(28)16(12)23(30)25-17)18(21(29)19(10)27)24-14(26)7-11-5-3-2-4-6-11/h2-6,8,10,15,17-19,21,27-29H,7,9H2,1H3,(H,24,26)(H,25,30)/t10-,15+,17-,18+,19-,21-/m0/s1. The highest BCUT2D eigenvalue weighted by molar-refractivity contribution is 6.01. The predicted octanol–water partition coefficient (Wildman–Crippen LogP) is 0.415. The molecule has 32 heavy (non-hydrogen) atoms. The van der Waals surface area contributed by atoms with Crippen LogP contribution in [0.2, 0.25) is 0 Å². The van der Waals surface area contributed by atoms with Gasteiger partial charge in [0.05, 0.1) is 24.1 Å². The Bertz CT molecular complexity index is 1070. The summed E-state index contributed by atoms with van der Waals surface area (Å²) in [6.07, 6.45) is -2.34. The van der Waals surface area contributed by atoms with Gasteiger partial charge in [0.15, 0.2) is 11.5 Å². The number of phenols is 1. The second-order valence-electron chi connectivity index (χ2n) is 8.54. The molecule has 5 N–H and O–H groups in total. The van der Waals surface area contributed by atoms with Crippen LogP contribution in [0.1, 0.15) is 34.3 Å². The van der Waals surface area contributed by atoms with Gasteiger partial charge in [-0.25, -0.2) is 0 Å².